The molecule has 1 fully saturated rings. The Morgan fingerprint density at radius 1 is 1.29 bits per heavy atom. The summed E-state index contributed by atoms with van der Waals surface area (Å²) in [6.07, 6.45) is 2.94. The Morgan fingerprint density at radius 2 is 2.10 bits per heavy atom. The lowest BCUT2D eigenvalue weighted by atomic mass is 9.90. The summed E-state index contributed by atoms with van der Waals surface area (Å²) < 4.78 is 4.78. The first-order valence-electron chi connectivity index (χ1n) is 10.3. The van der Waals surface area contributed by atoms with Crippen LogP contribution in [-0.4, -0.2) is 51.6 Å². The van der Waals surface area contributed by atoms with Gasteiger partial charge < -0.3 is 24.8 Å². The second-order valence-electron chi connectivity index (χ2n) is 7.79. The van der Waals surface area contributed by atoms with Gasteiger partial charge in [-0.2, -0.15) is 11.8 Å². The van der Waals surface area contributed by atoms with Gasteiger partial charge in [0.15, 0.2) is 0 Å². The van der Waals surface area contributed by atoms with E-state index in [4.69, 9.17) is 21.4 Å². The van der Waals surface area contributed by atoms with Gasteiger partial charge in [-0.1, -0.05) is 23.7 Å². The van der Waals surface area contributed by atoms with E-state index in [2.05, 4.69) is 9.88 Å². The van der Waals surface area contributed by atoms with E-state index in [1.807, 2.05) is 30.1 Å². The minimum atomic E-state index is -1.35. The Morgan fingerprint density at radius 3 is 2.87 bits per heavy atom. The highest BCUT2D eigenvalue weighted by Crippen LogP contribution is 2.33. The fourth-order valence-corrected chi connectivity index (χ4v) is 5.41. The van der Waals surface area contributed by atoms with Crippen LogP contribution in [0.25, 0.3) is 10.9 Å². The molecule has 31 heavy (non-hydrogen) atoms. The first kappa shape index (κ1) is 21.9. The van der Waals surface area contributed by atoms with Crippen LogP contribution < -0.4 is 4.74 Å². The maximum atomic E-state index is 10.8. The van der Waals surface area contributed by atoms with Crippen LogP contribution in [-0.2, 0) is 5.75 Å². The number of carboxylic acid groups (broad SMARTS) is 1. The van der Waals surface area contributed by atoms with Crippen LogP contribution in [0, 0.1) is 0 Å². The fourth-order valence-electron chi connectivity index (χ4n) is 4.15. The summed E-state index contributed by atoms with van der Waals surface area (Å²) in [6, 6.07) is 10.8. The molecule has 4 rings (SSSR count). The molecule has 2 aromatic carbocycles. The van der Waals surface area contributed by atoms with Crippen molar-refractivity contribution in [2.24, 2.45) is 0 Å². The number of H-pyrrole nitrogens is 1. The van der Waals surface area contributed by atoms with Gasteiger partial charge in [0.1, 0.15) is 11.5 Å². The normalized spacial score (nSPS) is 17.1. The number of phenols is 1. The number of carbonyl (C=O) groups is 1. The summed E-state index contributed by atoms with van der Waals surface area (Å²) in [5, 5.41) is 19.7. The molecule has 0 saturated carbocycles. The van der Waals surface area contributed by atoms with Crippen molar-refractivity contribution in [3.8, 4) is 11.5 Å². The molecule has 164 valence electrons. The zero-order valence-corrected chi connectivity index (χ0v) is 18.6. The molecule has 0 spiro atoms. The molecule has 0 aliphatic carbocycles. The number of phenolic OH excluding ortho intramolecular Hbond substituents is 1. The van der Waals surface area contributed by atoms with Gasteiger partial charge in [0.2, 0.25) is 0 Å². The number of hydrogen-bond donors (Lipinski definition) is 3. The van der Waals surface area contributed by atoms with E-state index >= 15 is 0 Å². The molecule has 0 bridgehead atoms. The molecule has 0 radical (unpaired) electrons. The largest absolute Gasteiger partial charge is 0.511 e. The van der Waals surface area contributed by atoms with E-state index in [0.717, 1.165) is 47.6 Å². The van der Waals surface area contributed by atoms with Crippen molar-refractivity contribution in [1.82, 2.24) is 9.88 Å². The predicted molar refractivity (Wildman–Crippen MR) is 125 cm³/mol. The summed E-state index contributed by atoms with van der Waals surface area (Å²) in [4.78, 5) is 16.5. The summed E-state index contributed by atoms with van der Waals surface area (Å²) in [5.41, 5.74) is 3.17. The van der Waals surface area contributed by atoms with Crippen LogP contribution in [0.15, 0.2) is 42.6 Å². The van der Waals surface area contributed by atoms with Crippen LogP contribution >= 0.6 is 23.4 Å². The minimum absolute atomic E-state index is 0.226. The molecule has 0 amide bonds. The van der Waals surface area contributed by atoms with Crippen molar-refractivity contribution in [2.75, 3.05) is 25.4 Å². The third-order valence-corrected chi connectivity index (χ3v) is 6.97. The van der Waals surface area contributed by atoms with Crippen molar-refractivity contribution in [3.05, 3.63) is 58.7 Å². The Labute approximate surface area is 190 Å². The zero-order valence-electron chi connectivity index (χ0n) is 17.0. The molecule has 1 saturated heterocycles. The van der Waals surface area contributed by atoms with Gasteiger partial charge in [-0.3, -0.25) is 0 Å². The van der Waals surface area contributed by atoms with E-state index in [-0.39, 0.29) is 5.75 Å². The number of fused-ring (bicyclic) bond motifs is 1. The van der Waals surface area contributed by atoms with Crippen molar-refractivity contribution < 1.29 is 19.7 Å². The number of aromatic hydroxyl groups is 1. The Balaban J connectivity index is 1.31. The third-order valence-electron chi connectivity index (χ3n) is 5.69. The van der Waals surface area contributed by atoms with Gasteiger partial charge in [0.05, 0.1) is 10.5 Å². The average molecular weight is 461 g/mol. The lowest BCUT2D eigenvalue weighted by molar-refractivity contribution is 0.144. The van der Waals surface area contributed by atoms with E-state index in [9.17, 15) is 9.90 Å². The Kier molecular flexibility index (Phi) is 6.95. The van der Waals surface area contributed by atoms with Crippen molar-refractivity contribution in [2.45, 2.75) is 24.5 Å². The molecule has 1 aliphatic heterocycles. The summed E-state index contributed by atoms with van der Waals surface area (Å²) in [6.45, 7) is 3.19. The number of halogens is 1. The average Bonchev–Trinajstić information content (AvgIpc) is 3.15. The van der Waals surface area contributed by atoms with Crippen LogP contribution in [0.1, 0.15) is 29.9 Å². The number of benzene rings is 2. The number of likely N-dealkylation sites (tertiary alicyclic amines) is 1. The Bertz CT molecular complexity index is 1050. The highest BCUT2D eigenvalue weighted by molar-refractivity contribution is 7.98. The van der Waals surface area contributed by atoms with Crippen molar-refractivity contribution >= 4 is 40.4 Å². The topological polar surface area (TPSA) is 85.8 Å². The number of rotatable bonds is 7. The van der Waals surface area contributed by atoms with E-state index in [0.29, 0.717) is 16.7 Å². The molecule has 3 aromatic rings. The fraction of sp³-hybridized carbons (Fsp3) is 0.348. The predicted octanol–water partition coefficient (Wildman–Crippen LogP) is 5.70. The summed E-state index contributed by atoms with van der Waals surface area (Å²) >= 11 is 8.11. The summed E-state index contributed by atoms with van der Waals surface area (Å²) in [7, 11) is 0. The molecule has 8 heteroatoms. The van der Waals surface area contributed by atoms with Crippen LogP contribution in [0.2, 0.25) is 5.02 Å². The highest BCUT2D eigenvalue weighted by Gasteiger charge is 2.21. The van der Waals surface area contributed by atoms with E-state index in [1.54, 1.807) is 18.2 Å². The maximum Gasteiger partial charge on any atom is 0.511 e. The molecule has 2 heterocycles. The van der Waals surface area contributed by atoms with Gasteiger partial charge in [-0.25, -0.2) is 4.79 Å². The minimum Gasteiger partial charge on any atom is -0.508 e. The van der Waals surface area contributed by atoms with Gasteiger partial charge in [0.25, 0.3) is 0 Å². The third kappa shape index (κ3) is 5.47. The molecule has 1 atom stereocenters. The molecular weight excluding hydrogens is 436 g/mol. The van der Waals surface area contributed by atoms with E-state index in [1.165, 1.54) is 24.5 Å². The number of nitrogens with one attached hydrogen (secondary N) is 1. The Hall–Kier alpha value is -2.35. The van der Waals surface area contributed by atoms with Crippen molar-refractivity contribution in [1.29, 1.82) is 0 Å². The molecule has 6 nitrogen and oxygen atoms in total. The number of piperidine rings is 1. The lowest BCUT2D eigenvalue weighted by Gasteiger charge is -2.33. The van der Waals surface area contributed by atoms with Gasteiger partial charge in [0, 0.05) is 42.2 Å². The number of thioether (sulfide) groups is 1. The molecule has 1 unspecified atom stereocenters. The van der Waals surface area contributed by atoms with Gasteiger partial charge >= 0.3 is 6.16 Å². The zero-order chi connectivity index (χ0) is 21.8. The number of aromatic amines is 1. The molecule has 3 N–H and O–H groups in total. The number of hydrogen-bond acceptors (Lipinski definition) is 5. The molecular formula is C23H25ClN2O4S. The second kappa shape index (κ2) is 9.85. The number of ether oxygens (including phenoxy) is 1. The first-order chi connectivity index (χ1) is 15.0. The summed E-state index contributed by atoms with van der Waals surface area (Å²) in [5.74, 6) is 2.87. The second-order valence-corrected chi connectivity index (χ2v) is 9.31. The molecule has 1 aliphatic rings. The van der Waals surface area contributed by atoms with Crippen LogP contribution in [0.5, 0.6) is 11.5 Å². The van der Waals surface area contributed by atoms with Crippen molar-refractivity contribution in [3.63, 3.8) is 0 Å². The highest BCUT2D eigenvalue weighted by atomic mass is 35.5. The van der Waals surface area contributed by atoms with Gasteiger partial charge in [-0.05, 0) is 54.6 Å². The monoisotopic (exact) mass is 460 g/mol. The van der Waals surface area contributed by atoms with Crippen LogP contribution in [0.3, 0.4) is 0 Å². The smallest absolute Gasteiger partial charge is 0.508 e. The van der Waals surface area contributed by atoms with Crippen LogP contribution in [0.4, 0.5) is 4.79 Å². The number of aromatic nitrogens is 1. The standard InChI is InChI=1S/C23H25ClN2O4S/c24-21-11-19(30-23(28)29)10-20-17(12-25-22(20)21)14-31-9-8-26-7-1-2-16(13-26)15-3-5-18(27)6-4-15/h3-6,10-12,16,25,27H,1-2,7-9,13-14H2,(H,28,29). The first-order valence-corrected chi connectivity index (χ1v) is 11.8. The molecule has 1 aromatic heterocycles. The maximum absolute atomic E-state index is 10.8. The van der Waals surface area contributed by atoms with E-state index < -0.39 is 6.16 Å². The SMILES string of the molecule is O=C(O)Oc1cc(Cl)c2[nH]cc(CSCCN3CCCC(c4ccc(O)cc4)C3)c2c1. The lowest BCUT2D eigenvalue weighted by Crippen LogP contribution is -2.35. The van der Waals surface area contributed by atoms with Gasteiger partial charge in [-0.15, -0.1) is 0 Å². The number of nitrogens with zero attached hydrogens (tertiary/aromatic N) is 1. The quantitative estimate of drug-likeness (QED) is 0.238.